The SMILES string of the molecule is COC(=O)C[C@H](NC(=O)C1(NC(=O)N[C@](C)(Cc2c[nH]c3ccccc23)C(=O)NC[C@H](NC(=O)OCc2ccccc2)c2ccccc2)CCCCC1)C(=O)OCc1ccccc1. The molecule has 0 spiro atoms. The van der Waals surface area contributed by atoms with E-state index in [9.17, 15) is 28.8 Å². The van der Waals surface area contributed by atoms with Gasteiger partial charge < -0.3 is 45.8 Å². The van der Waals surface area contributed by atoms with Crippen LogP contribution in [-0.4, -0.2) is 71.6 Å². The van der Waals surface area contributed by atoms with Gasteiger partial charge in [0.05, 0.1) is 19.6 Å². The van der Waals surface area contributed by atoms with Crippen LogP contribution in [0.15, 0.2) is 121 Å². The first-order valence-corrected chi connectivity index (χ1v) is 21.0. The molecule has 0 radical (unpaired) electrons. The molecule has 6 rings (SSSR count). The van der Waals surface area contributed by atoms with E-state index < -0.39 is 65.5 Å². The third-order valence-electron chi connectivity index (χ3n) is 11.2. The number of amides is 5. The van der Waals surface area contributed by atoms with E-state index in [4.69, 9.17) is 14.2 Å². The van der Waals surface area contributed by atoms with Gasteiger partial charge in [0.2, 0.25) is 11.8 Å². The number of hydrogen-bond acceptors (Lipinski definition) is 9. The van der Waals surface area contributed by atoms with Gasteiger partial charge in [-0.05, 0) is 48.1 Å². The quantitative estimate of drug-likeness (QED) is 0.0448. The van der Waals surface area contributed by atoms with Crippen molar-refractivity contribution in [3.8, 4) is 0 Å². The second kappa shape index (κ2) is 21.6. The van der Waals surface area contributed by atoms with Crippen LogP contribution in [0.5, 0.6) is 0 Å². The zero-order chi connectivity index (χ0) is 44.7. The van der Waals surface area contributed by atoms with Gasteiger partial charge in [-0.25, -0.2) is 14.4 Å². The number of hydrogen-bond donors (Lipinski definition) is 6. The molecule has 330 valence electrons. The molecular weight excluding hydrogens is 805 g/mol. The fourth-order valence-electron chi connectivity index (χ4n) is 7.71. The van der Waals surface area contributed by atoms with Crippen LogP contribution in [0, 0.1) is 0 Å². The summed E-state index contributed by atoms with van der Waals surface area (Å²) in [5.74, 6) is -2.83. The fourth-order valence-corrected chi connectivity index (χ4v) is 7.71. The van der Waals surface area contributed by atoms with Crippen LogP contribution in [0.1, 0.15) is 73.7 Å². The van der Waals surface area contributed by atoms with Crippen LogP contribution >= 0.6 is 0 Å². The monoisotopic (exact) mass is 858 g/mol. The topological polar surface area (TPSA) is 206 Å². The van der Waals surface area contributed by atoms with E-state index in [1.54, 1.807) is 37.4 Å². The van der Waals surface area contributed by atoms with Crippen LogP contribution in [0.3, 0.4) is 0 Å². The maximum atomic E-state index is 14.5. The highest BCUT2D eigenvalue weighted by Gasteiger charge is 2.45. The summed E-state index contributed by atoms with van der Waals surface area (Å²) >= 11 is 0. The number of fused-ring (bicyclic) bond motifs is 1. The lowest BCUT2D eigenvalue weighted by atomic mass is 9.80. The minimum absolute atomic E-state index is 0.0342. The summed E-state index contributed by atoms with van der Waals surface area (Å²) in [6.45, 7) is 1.48. The predicted molar refractivity (Wildman–Crippen MR) is 235 cm³/mol. The largest absolute Gasteiger partial charge is 0.469 e. The first-order chi connectivity index (χ1) is 30.5. The molecule has 1 fully saturated rings. The summed E-state index contributed by atoms with van der Waals surface area (Å²) in [5.41, 5.74) is 0.688. The Morgan fingerprint density at radius 1 is 0.746 bits per heavy atom. The van der Waals surface area contributed by atoms with E-state index in [0.717, 1.165) is 28.5 Å². The van der Waals surface area contributed by atoms with E-state index in [1.807, 2.05) is 91.0 Å². The van der Waals surface area contributed by atoms with Gasteiger partial charge in [-0.3, -0.25) is 14.4 Å². The molecule has 4 aromatic carbocycles. The van der Waals surface area contributed by atoms with Crippen molar-refractivity contribution < 1.29 is 43.0 Å². The normalized spacial score (nSPS) is 15.0. The number of carbonyl (C=O) groups excluding carboxylic acids is 6. The van der Waals surface area contributed by atoms with Crippen LogP contribution in [0.2, 0.25) is 0 Å². The van der Waals surface area contributed by atoms with Crippen molar-refractivity contribution in [2.24, 2.45) is 0 Å². The average Bonchev–Trinajstić information content (AvgIpc) is 3.71. The molecule has 3 atom stereocenters. The molecule has 0 bridgehead atoms. The molecule has 1 heterocycles. The van der Waals surface area contributed by atoms with Crippen molar-refractivity contribution >= 4 is 46.8 Å². The molecule has 0 saturated heterocycles. The number of benzene rings is 4. The molecule has 0 aliphatic heterocycles. The summed E-state index contributed by atoms with van der Waals surface area (Å²) in [7, 11) is 1.17. The highest BCUT2D eigenvalue weighted by atomic mass is 16.5. The van der Waals surface area contributed by atoms with E-state index in [0.29, 0.717) is 24.0 Å². The zero-order valence-electron chi connectivity index (χ0n) is 35.4. The Bertz CT molecular complexity index is 2330. The van der Waals surface area contributed by atoms with Gasteiger partial charge in [-0.2, -0.15) is 0 Å². The fraction of sp³-hybridized carbons (Fsp3) is 0.333. The molecule has 1 aliphatic rings. The number of methoxy groups -OCH3 is 1. The molecule has 1 saturated carbocycles. The zero-order valence-corrected chi connectivity index (χ0v) is 35.4. The summed E-state index contributed by atoms with van der Waals surface area (Å²) < 4.78 is 15.8. The van der Waals surface area contributed by atoms with Gasteiger partial charge in [0, 0.05) is 30.1 Å². The van der Waals surface area contributed by atoms with Crippen LogP contribution in [-0.2, 0) is 53.0 Å². The lowest BCUT2D eigenvalue weighted by molar-refractivity contribution is -0.154. The highest BCUT2D eigenvalue weighted by Crippen LogP contribution is 2.30. The number of carbonyl (C=O) groups is 6. The molecule has 0 unspecified atom stereocenters. The number of ether oxygens (including phenoxy) is 3. The van der Waals surface area contributed by atoms with Crippen molar-refractivity contribution in [3.05, 3.63) is 144 Å². The van der Waals surface area contributed by atoms with Crippen LogP contribution in [0.25, 0.3) is 10.9 Å². The molecule has 1 aliphatic carbocycles. The molecular formula is C48H54N6O9. The standard InChI is InChI=1S/C48H54N6O9/c1-47(28-36-29-49-38-24-14-13-23-37(36)38,43(57)50-30-40(35-21-11-5-12-22-35)52-46(60)63-32-34-19-9-4-10-20-34)53-45(59)54-48(25-15-6-16-26-48)44(58)51-39(27-41(55)61-2)42(56)62-31-33-17-7-3-8-18-33/h3-5,7-14,17-24,29,39-40,49H,6,15-16,25-28,30-32H2,1-2H3,(H,50,57)(H,51,58)(H,52,60)(H2,53,54,59)/t39-,40-,47+/m0/s1. The predicted octanol–water partition coefficient (Wildman–Crippen LogP) is 6.05. The molecule has 15 nitrogen and oxygen atoms in total. The van der Waals surface area contributed by atoms with Gasteiger partial charge in [0.25, 0.3) is 0 Å². The molecule has 6 N–H and O–H groups in total. The number of H-pyrrole nitrogens is 1. The number of para-hydroxylation sites is 1. The number of rotatable bonds is 18. The van der Waals surface area contributed by atoms with Gasteiger partial charge >= 0.3 is 24.1 Å². The van der Waals surface area contributed by atoms with Gasteiger partial charge in [0.15, 0.2) is 0 Å². The smallest absolute Gasteiger partial charge is 0.408 e. The van der Waals surface area contributed by atoms with Crippen molar-refractivity contribution in [2.45, 2.75) is 88.2 Å². The Morgan fingerprint density at radius 3 is 2.00 bits per heavy atom. The second-order valence-corrected chi connectivity index (χ2v) is 15.9. The van der Waals surface area contributed by atoms with E-state index in [2.05, 4.69) is 31.6 Å². The lowest BCUT2D eigenvalue weighted by Crippen LogP contribution is -2.67. The Balaban J connectivity index is 1.20. The van der Waals surface area contributed by atoms with Crippen molar-refractivity contribution in [1.29, 1.82) is 0 Å². The number of nitrogens with one attached hydrogen (secondary N) is 6. The number of aromatic amines is 1. The molecule has 63 heavy (non-hydrogen) atoms. The number of urea groups is 1. The van der Waals surface area contributed by atoms with Crippen molar-refractivity contribution in [3.63, 3.8) is 0 Å². The van der Waals surface area contributed by atoms with Gasteiger partial charge in [-0.1, -0.05) is 128 Å². The Kier molecular flexibility index (Phi) is 15.5. The molecule has 5 aromatic rings. The summed E-state index contributed by atoms with van der Waals surface area (Å²) in [5, 5.41) is 15.1. The van der Waals surface area contributed by atoms with Crippen LogP contribution < -0.4 is 26.6 Å². The summed E-state index contributed by atoms with van der Waals surface area (Å²) in [6.07, 6.45) is 3.07. The van der Waals surface area contributed by atoms with Crippen molar-refractivity contribution in [1.82, 2.24) is 31.6 Å². The number of alkyl carbamates (subject to hydrolysis) is 1. The Hall–Kier alpha value is -7.16. The van der Waals surface area contributed by atoms with E-state index in [1.165, 1.54) is 7.11 Å². The van der Waals surface area contributed by atoms with E-state index >= 15 is 0 Å². The highest BCUT2D eigenvalue weighted by molar-refractivity contribution is 5.97. The number of esters is 2. The minimum Gasteiger partial charge on any atom is -0.469 e. The average molecular weight is 859 g/mol. The molecule has 15 heteroatoms. The first kappa shape index (κ1) is 45.4. The van der Waals surface area contributed by atoms with E-state index in [-0.39, 0.29) is 39.0 Å². The minimum atomic E-state index is -1.62. The third kappa shape index (κ3) is 12.5. The number of aromatic nitrogens is 1. The van der Waals surface area contributed by atoms with Crippen LogP contribution in [0.4, 0.5) is 9.59 Å². The second-order valence-electron chi connectivity index (χ2n) is 15.9. The molecule has 1 aromatic heterocycles. The Morgan fingerprint density at radius 2 is 1.35 bits per heavy atom. The Labute approximate surface area is 366 Å². The summed E-state index contributed by atoms with van der Waals surface area (Å²) in [6, 6.07) is 32.0. The third-order valence-corrected chi connectivity index (χ3v) is 11.2. The lowest BCUT2D eigenvalue weighted by Gasteiger charge is -2.39. The van der Waals surface area contributed by atoms with Gasteiger partial charge in [0.1, 0.15) is 30.3 Å². The molecule has 5 amide bonds. The van der Waals surface area contributed by atoms with Crippen molar-refractivity contribution in [2.75, 3.05) is 13.7 Å². The maximum absolute atomic E-state index is 14.5. The summed E-state index contributed by atoms with van der Waals surface area (Å²) in [4.78, 5) is 85.2. The van der Waals surface area contributed by atoms with Gasteiger partial charge in [-0.15, -0.1) is 0 Å². The first-order valence-electron chi connectivity index (χ1n) is 21.0. The maximum Gasteiger partial charge on any atom is 0.408 e.